The molecule has 1 atom stereocenters. The van der Waals surface area contributed by atoms with Gasteiger partial charge in [-0.3, -0.25) is 14.5 Å². The quantitative estimate of drug-likeness (QED) is 0.326. The molecule has 1 unspecified atom stereocenters. The number of ketones is 1. The van der Waals surface area contributed by atoms with E-state index >= 15 is 0 Å². The van der Waals surface area contributed by atoms with Crippen molar-refractivity contribution in [3.05, 3.63) is 99.8 Å². The Kier molecular flexibility index (Phi) is 5.72. The summed E-state index contributed by atoms with van der Waals surface area (Å²) < 4.78 is 18.7. The maximum atomic E-state index is 13.4. The molecule has 32 heavy (non-hydrogen) atoms. The molecule has 1 aliphatic rings. The van der Waals surface area contributed by atoms with Crippen LogP contribution in [0.4, 0.5) is 10.1 Å². The number of aliphatic hydroxyl groups excluding tert-OH is 1. The number of benzene rings is 3. The lowest BCUT2D eigenvalue weighted by Crippen LogP contribution is -2.29. The number of Topliss-reactive ketones (excluding diaryl/α,β-unsaturated/α-hetero) is 1. The lowest BCUT2D eigenvalue weighted by Gasteiger charge is -2.26. The van der Waals surface area contributed by atoms with E-state index in [0.717, 1.165) is 5.56 Å². The van der Waals surface area contributed by atoms with Crippen molar-refractivity contribution < 1.29 is 23.8 Å². The van der Waals surface area contributed by atoms with Crippen LogP contribution in [0.3, 0.4) is 0 Å². The fourth-order valence-electron chi connectivity index (χ4n) is 3.72. The number of aryl methyl sites for hydroxylation is 1. The number of rotatable bonds is 4. The zero-order valence-corrected chi connectivity index (χ0v) is 18.1. The van der Waals surface area contributed by atoms with Gasteiger partial charge in [0.05, 0.1) is 18.7 Å². The number of halogens is 2. The van der Waals surface area contributed by atoms with Crippen molar-refractivity contribution in [2.24, 2.45) is 0 Å². The van der Waals surface area contributed by atoms with Gasteiger partial charge in [0.15, 0.2) is 0 Å². The molecule has 3 aromatic rings. The van der Waals surface area contributed by atoms with Crippen LogP contribution in [0.25, 0.3) is 5.76 Å². The molecule has 0 radical (unpaired) electrons. The molecule has 0 aliphatic carbocycles. The predicted molar refractivity (Wildman–Crippen MR) is 120 cm³/mol. The first-order chi connectivity index (χ1) is 15.3. The van der Waals surface area contributed by atoms with Crippen LogP contribution in [-0.2, 0) is 9.59 Å². The molecule has 0 aromatic heterocycles. The minimum atomic E-state index is -0.936. The molecule has 0 bridgehead atoms. The average molecular weight is 452 g/mol. The van der Waals surface area contributed by atoms with Crippen LogP contribution in [0, 0.1) is 12.7 Å². The van der Waals surface area contributed by atoms with E-state index in [-0.39, 0.29) is 11.1 Å². The fourth-order valence-corrected chi connectivity index (χ4v) is 3.90. The van der Waals surface area contributed by atoms with E-state index < -0.39 is 29.3 Å². The Balaban J connectivity index is 1.96. The second kappa shape index (κ2) is 8.48. The number of ether oxygens (including phenoxy) is 1. The van der Waals surface area contributed by atoms with Gasteiger partial charge in [-0.05, 0) is 66.6 Å². The predicted octanol–water partition coefficient (Wildman–Crippen LogP) is 5.42. The van der Waals surface area contributed by atoms with Crippen molar-refractivity contribution in [2.75, 3.05) is 12.0 Å². The summed E-state index contributed by atoms with van der Waals surface area (Å²) in [5, 5.41) is 11.5. The smallest absolute Gasteiger partial charge is 0.300 e. The Labute approximate surface area is 189 Å². The van der Waals surface area contributed by atoms with E-state index in [0.29, 0.717) is 22.0 Å². The van der Waals surface area contributed by atoms with E-state index in [1.165, 1.54) is 36.3 Å². The van der Waals surface area contributed by atoms with Gasteiger partial charge in [-0.25, -0.2) is 4.39 Å². The van der Waals surface area contributed by atoms with Crippen LogP contribution in [0.5, 0.6) is 5.75 Å². The van der Waals surface area contributed by atoms with E-state index in [4.69, 9.17) is 16.3 Å². The molecule has 4 rings (SSSR count). The minimum Gasteiger partial charge on any atom is -0.507 e. The van der Waals surface area contributed by atoms with Crippen LogP contribution >= 0.6 is 11.6 Å². The molecular weight excluding hydrogens is 433 g/mol. The first-order valence-corrected chi connectivity index (χ1v) is 10.2. The van der Waals surface area contributed by atoms with Crippen LogP contribution < -0.4 is 9.64 Å². The van der Waals surface area contributed by atoms with Crippen molar-refractivity contribution >= 4 is 34.7 Å². The molecule has 1 fully saturated rings. The highest BCUT2D eigenvalue weighted by Gasteiger charge is 2.47. The third-order valence-electron chi connectivity index (χ3n) is 5.41. The number of carbonyl (C=O) groups is 2. The molecule has 0 saturated carbocycles. The maximum absolute atomic E-state index is 13.4. The number of methoxy groups -OCH3 is 1. The lowest BCUT2D eigenvalue weighted by atomic mass is 9.95. The lowest BCUT2D eigenvalue weighted by molar-refractivity contribution is -0.132. The van der Waals surface area contributed by atoms with Gasteiger partial charge in [-0.2, -0.15) is 0 Å². The number of hydrogen-bond donors (Lipinski definition) is 1. The summed E-state index contributed by atoms with van der Waals surface area (Å²) in [5.41, 5.74) is 1.90. The van der Waals surface area contributed by atoms with Gasteiger partial charge in [-0.1, -0.05) is 29.8 Å². The zero-order chi connectivity index (χ0) is 23.0. The Bertz CT molecular complexity index is 1250. The van der Waals surface area contributed by atoms with Gasteiger partial charge in [0.25, 0.3) is 11.7 Å². The van der Waals surface area contributed by atoms with Gasteiger partial charge >= 0.3 is 0 Å². The summed E-state index contributed by atoms with van der Waals surface area (Å²) >= 11 is 6.29. The minimum absolute atomic E-state index is 0.105. The highest BCUT2D eigenvalue weighted by Crippen LogP contribution is 2.43. The maximum Gasteiger partial charge on any atom is 0.300 e. The SMILES string of the molecule is COc1cccc(C2/C(=C(\O)c3ccc(F)cc3)C(=O)C(=O)N2c2ccc(C)c(Cl)c2)c1. The molecule has 5 nitrogen and oxygen atoms in total. The summed E-state index contributed by atoms with van der Waals surface area (Å²) in [6.45, 7) is 1.83. The highest BCUT2D eigenvalue weighted by atomic mass is 35.5. The largest absolute Gasteiger partial charge is 0.507 e. The summed E-state index contributed by atoms with van der Waals surface area (Å²) in [5.74, 6) is -2.01. The molecule has 1 aliphatic heterocycles. The average Bonchev–Trinajstić information content (AvgIpc) is 3.06. The van der Waals surface area contributed by atoms with E-state index in [2.05, 4.69) is 0 Å². The topological polar surface area (TPSA) is 66.8 Å². The first-order valence-electron chi connectivity index (χ1n) is 9.79. The normalized spacial score (nSPS) is 17.6. The Hall–Kier alpha value is -3.64. The molecule has 0 spiro atoms. The molecule has 1 N–H and O–H groups in total. The van der Waals surface area contributed by atoms with Crippen LogP contribution in [0.15, 0.2) is 72.3 Å². The van der Waals surface area contributed by atoms with Crippen LogP contribution in [0.1, 0.15) is 22.7 Å². The monoisotopic (exact) mass is 451 g/mol. The molecule has 1 saturated heterocycles. The van der Waals surface area contributed by atoms with E-state index in [9.17, 15) is 19.1 Å². The highest BCUT2D eigenvalue weighted by molar-refractivity contribution is 6.51. The Morgan fingerprint density at radius 1 is 1.06 bits per heavy atom. The number of amides is 1. The summed E-state index contributed by atoms with van der Waals surface area (Å²) in [7, 11) is 1.51. The zero-order valence-electron chi connectivity index (χ0n) is 17.3. The second-order valence-electron chi connectivity index (χ2n) is 7.39. The summed E-state index contributed by atoms with van der Waals surface area (Å²) in [6.07, 6.45) is 0. The molecular formula is C25H19ClFNO4. The van der Waals surface area contributed by atoms with Crippen LogP contribution in [-0.4, -0.2) is 23.9 Å². The Morgan fingerprint density at radius 3 is 2.44 bits per heavy atom. The molecule has 3 aromatic carbocycles. The second-order valence-corrected chi connectivity index (χ2v) is 7.79. The third-order valence-corrected chi connectivity index (χ3v) is 5.81. The van der Waals surface area contributed by atoms with E-state index in [1.54, 1.807) is 42.5 Å². The standard InChI is InChI=1S/C25H19ClFNO4/c1-14-6-11-18(13-20(14)26)28-22(16-4-3-5-19(12-16)32-2)21(24(30)25(28)31)23(29)15-7-9-17(27)10-8-15/h3-13,22,29H,1-2H3/b23-21+. The Morgan fingerprint density at radius 2 is 1.78 bits per heavy atom. The molecule has 162 valence electrons. The van der Waals surface area contributed by atoms with Gasteiger partial charge in [0, 0.05) is 16.3 Å². The molecule has 1 amide bonds. The van der Waals surface area contributed by atoms with Crippen molar-refractivity contribution in [2.45, 2.75) is 13.0 Å². The van der Waals surface area contributed by atoms with Crippen molar-refractivity contribution in [1.82, 2.24) is 0 Å². The van der Waals surface area contributed by atoms with Gasteiger partial charge < -0.3 is 9.84 Å². The van der Waals surface area contributed by atoms with E-state index in [1.807, 2.05) is 6.92 Å². The summed E-state index contributed by atoms with van der Waals surface area (Å²) in [4.78, 5) is 27.6. The number of aliphatic hydroxyl groups is 1. The van der Waals surface area contributed by atoms with Gasteiger partial charge in [-0.15, -0.1) is 0 Å². The molecule has 7 heteroatoms. The van der Waals surface area contributed by atoms with Crippen molar-refractivity contribution in [1.29, 1.82) is 0 Å². The number of nitrogens with zero attached hydrogens (tertiary/aromatic N) is 1. The number of hydrogen-bond acceptors (Lipinski definition) is 4. The van der Waals surface area contributed by atoms with Crippen molar-refractivity contribution in [3.8, 4) is 5.75 Å². The third kappa shape index (κ3) is 3.74. The number of anilines is 1. The number of carbonyl (C=O) groups excluding carboxylic acids is 2. The summed E-state index contributed by atoms with van der Waals surface area (Å²) in [6, 6.07) is 16.0. The fraction of sp³-hybridized carbons (Fsp3) is 0.120. The van der Waals surface area contributed by atoms with Crippen molar-refractivity contribution in [3.63, 3.8) is 0 Å². The van der Waals surface area contributed by atoms with Gasteiger partial charge in [0.1, 0.15) is 17.3 Å². The van der Waals surface area contributed by atoms with Crippen LogP contribution in [0.2, 0.25) is 5.02 Å². The van der Waals surface area contributed by atoms with Gasteiger partial charge in [0.2, 0.25) is 0 Å². The first kappa shape index (κ1) is 21.6. The molecule has 1 heterocycles.